The fourth-order valence-corrected chi connectivity index (χ4v) is 3.26. The summed E-state index contributed by atoms with van der Waals surface area (Å²) in [5, 5.41) is 23.2. The summed E-state index contributed by atoms with van der Waals surface area (Å²) in [6.07, 6.45) is -1.61. The molecule has 3 aromatic rings. The van der Waals surface area contributed by atoms with Gasteiger partial charge in [-0.15, -0.1) is 0 Å². The predicted octanol–water partition coefficient (Wildman–Crippen LogP) is 0.283. The normalized spacial score (nSPS) is 13.4. The Morgan fingerprint density at radius 3 is 2.48 bits per heavy atom. The van der Waals surface area contributed by atoms with Crippen molar-refractivity contribution in [2.75, 3.05) is 18.5 Å². The number of nitrogens with one attached hydrogen (secondary N) is 1. The first-order chi connectivity index (χ1) is 14.6. The predicted molar refractivity (Wildman–Crippen MR) is 118 cm³/mol. The lowest BCUT2D eigenvalue weighted by Crippen LogP contribution is -2.38. The van der Waals surface area contributed by atoms with Crippen LogP contribution in [-0.2, 0) is 20.6 Å². The lowest BCUT2D eigenvalue weighted by atomic mass is 10.1. The average molecular weight is 431 g/mol. The minimum Gasteiger partial charge on any atom is -0.491 e. The van der Waals surface area contributed by atoms with Crippen molar-refractivity contribution < 1.29 is 14.9 Å². The Bertz CT molecular complexity index is 1210. The molecule has 1 aromatic carbocycles. The summed E-state index contributed by atoms with van der Waals surface area (Å²) in [7, 11) is 2.92. The van der Waals surface area contributed by atoms with Crippen molar-refractivity contribution in [3.05, 3.63) is 50.2 Å². The average Bonchev–Trinajstić information content (AvgIpc) is 3.08. The largest absolute Gasteiger partial charge is 0.491 e. The second-order valence-electron chi connectivity index (χ2n) is 7.86. The van der Waals surface area contributed by atoms with E-state index in [0.717, 1.165) is 15.7 Å². The molecule has 10 heteroatoms. The van der Waals surface area contributed by atoms with Gasteiger partial charge in [-0.25, -0.2) is 4.79 Å². The Morgan fingerprint density at radius 1 is 1.13 bits per heavy atom. The van der Waals surface area contributed by atoms with Gasteiger partial charge < -0.3 is 24.8 Å². The monoisotopic (exact) mass is 431 g/mol. The quantitative estimate of drug-likeness (QED) is 0.468. The molecule has 0 aliphatic rings. The number of aliphatic hydroxyl groups excluding tert-OH is 2. The number of rotatable bonds is 8. The number of aromatic nitrogens is 4. The van der Waals surface area contributed by atoms with Crippen LogP contribution in [0.5, 0.6) is 5.75 Å². The van der Waals surface area contributed by atoms with Crippen molar-refractivity contribution >= 4 is 17.1 Å². The van der Waals surface area contributed by atoms with Gasteiger partial charge in [-0.2, -0.15) is 4.98 Å². The van der Waals surface area contributed by atoms with Crippen LogP contribution in [0.25, 0.3) is 11.2 Å². The third kappa shape index (κ3) is 4.64. The second kappa shape index (κ2) is 8.94. The minimum atomic E-state index is -0.951. The maximum Gasteiger partial charge on any atom is 0.332 e. The highest BCUT2D eigenvalue weighted by Crippen LogP contribution is 2.19. The molecule has 0 saturated heterocycles. The van der Waals surface area contributed by atoms with Crippen molar-refractivity contribution in [1.29, 1.82) is 0 Å². The van der Waals surface area contributed by atoms with Crippen LogP contribution in [0.3, 0.4) is 0 Å². The van der Waals surface area contributed by atoms with E-state index in [9.17, 15) is 19.8 Å². The van der Waals surface area contributed by atoms with Gasteiger partial charge in [-0.05, 0) is 44.0 Å². The number of aliphatic hydroxyl groups is 2. The molecular formula is C21H29N5O5. The molecule has 2 aromatic heterocycles. The van der Waals surface area contributed by atoms with E-state index in [1.807, 2.05) is 32.0 Å². The number of hydrogen-bond donors (Lipinski definition) is 3. The zero-order valence-electron chi connectivity index (χ0n) is 18.4. The highest BCUT2D eigenvalue weighted by molar-refractivity contribution is 5.74. The van der Waals surface area contributed by atoms with Crippen molar-refractivity contribution in [3.63, 3.8) is 0 Å². The van der Waals surface area contributed by atoms with Crippen LogP contribution in [0.4, 0.5) is 5.95 Å². The van der Waals surface area contributed by atoms with Crippen LogP contribution in [0, 0.1) is 13.8 Å². The fraction of sp³-hybridized carbons (Fsp3) is 0.476. The van der Waals surface area contributed by atoms with Gasteiger partial charge in [0.15, 0.2) is 11.2 Å². The van der Waals surface area contributed by atoms with Crippen LogP contribution >= 0.6 is 0 Å². The van der Waals surface area contributed by atoms with Crippen LogP contribution in [-0.4, -0.2) is 54.3 Å². The van der Waals surface area contributed by atoms with Crippen molar-refractivity contribution in [3.8, 4) is 5.75 Å². The molecule has 2 heterocycles. The Kier molecular flexibility index (Phi) is 6.51. The van der Waals surface area contributed by atoms with Crippen molar-refractivity contribution in [2.24, 2.45) is 14.1 Å². The first kappa shape index (κ1) is 22.6. The van der Waals surface area contributed by atoms with E-state index in [4.69, 9.17) is 4.74 Å². The Morgan fingerprint density at radius 2 is 1.84 bits per heavy atom. The third-order valence-electron chi connectivity index (χ3n) is 5.22. The number of anilines is 1. The number of fused-ring (bicyclic) bond motifs is 1. The van der Waals surface area contributed by atoms with E-state index in [1.54, 1.807) is 6.92 Å². The van der Waals surface area contributed by atoms with Gasteiger partial charge >= 0.3 is 5.69 Å². The SMILES string of the molecule is Cc1ccc(OC[C@@H](O)Cn2c(NC[C@@H](C)O)nc3c2c(=O)n(C)c(=O)n3C)cc1C. The van der Waals surface area contributed by atoms with Crippen LogP contribution < -0.4 is 21.3 Å². The summed E-state index contributed by atoms with van der Waals surface area (Å²) in [5.41, 5.74) is 1.60. The molecule has 0 radical (unpaired) electrons. The Balaban J connectivity index is 1.92. The topological polar surface area (TPSA) is 124 Å². The first-order valence-corrected chi connectivity index (χ1v) is 10.1. The molecule has 0 amide bonds. The van der Waals surface area contributed by atoms with Crippen molar-refractivity contribution in [1.82, 2.24) is 18.7 Å². The molecule has 0 bridgehead atoms. The molecule has 0 unspecified atom stereocenters. The van der Waals surface area contributed by atoms with Gasteiger partial charge in [-0.1, -0.05) is 6.07 Å². The van der Waals surface area contributed by atoms with Gasteiger partial charge in [-0.3, -0.25) is 13.9 Å². The van der Waals surface area contributed by atoms with E-state index < -0.39 is 23.5 Å². The molecule has 0 aliphatic carbocycles. The molecule has 0 spiro atoms. The lowest BCUT2D eigenvalue weighted by molar-refractivity contribution is 0.0937. The van der Waals surface area contributed by atoms with Gasteiger partial charge in [0.2, 0.25) is 5.95 Å². The summed E-state index contributed by atoms with van der Waals surface area (Å²) >= 11 is 0. The third-order valence-corrected chi connectivity index (χ3v) is 5.22. The van der Waals surface area contributed by atoms with E-state index >= 15 is 0 Å². The van der Waals surface area contributed by atoms with Gasteiger partial charge in [0.25, 0.3) is 5.56 Å². The number of imidazole rings is 1. The molecule has 168 valence electrons. The van der Waals surface area contributed by atoms with E-state index in [-0.39, 0.29) is 36.8 Å². The zero-order chi connectivity index (χ0) is 22.9. The number of nitrogens with zero attached hydrogens (tertiary/aromatic N) is 4. The van der Waals surface area contributed by atoms with Gasteiger partial charge in [0, 0.05) is 20.6 Å². The maximum absolute atomic E-state index is 12.8. The number of hydrogen-bond acceptors (Lipinski definition) is 7. The summed E-state index contributed by atoms with van der Waals surface area (Å²) in [6, 6.07) is 5.68. The fourth-order valence-electron chi connectivity index (χ4n) is 3.26. The Hall–Kier alpha value is -3.11. The van der Waals surface area contributed by atoms with Crippen LogP contribution in [0.1, 0.15) is 18.1 Å². The molecule has 10 nitrogen and oxygen atoms in total. The van der Waals surface area contributed by atoms with E-state index in [1.165, 1.54) is 23.2 Å². The van der Waals surface area contributed by atoms with Crippen molar-refractivity contribution in [2.45, 2.75) is 39.5 Å². The van der Waals surface area contributed by atoms with Crippen LogP contribution in [0.2, 0.25) is 0 Å². The molecule has 3 N–H and O–H groups in total. The summed E-state index contributed by atoms with van der Waals surface area (Å²) in [4.78, 5) is 29.5. The maximum atomic E-state index is 12.8. The van der Waals surface area contributed by atoms with Crippen LogP contribution in [0.15, 0.2) is 27.8 Å². The van der Waals surface area contributed by atoms with Gasteiger partial charge in [0.1, 0.15) is 18.5 Å². The second-order valence-corrected chi connectivity index (χ2v) is 7.86. The number of aryl methyl sites for hydroxylation is 3. The highest BCUT2D eigenvalue weighted by atomic mass is 16.5. The number of ether oxygens (including phenoxy) is 1. The van der Waals surface area contributed by atoms with Gasteiger partial charge in [0.05, 0.1) is 12.6 Å². The molecule has 0 fully saturated rings. The molecular weight excluding hydrogens is 402 g/mol. The highest BCUT2D eigenvalue weighted by Gasteiger charge is 2.21. The molecule has 3 rings (SSSR count). The first-order valence-electron chi connectivity index (χ1n) is 10.1. The molecule has 0 aliphatic heterocycles. The molecule has 2 atom stereocenters. The Labute approximate surface area is 179 Å². The summed E-state index contributed by atoms with van der Waals surface area (Å²) in [5.74, 6) is 0.919. The zero-order valence-corrected chi connectivity index (χ0v) is 18.4. The molecule has 0 saturated carbocycles. The smallest absolute Gasteiger partial charge is 0.332 e. The van der Waals surface area contributed by atoms with E-state index in [0.29, 0.717) is 5.75 Å². The molecule has 31 heavy (non-hydrogen) atoms. The summed E-state index contributed by atoms with van der Waals surface area (Å²) < 4.78 is 9.51. The lowest BCUT2D eigenvalue weighted by Gasteiger charge is -2.17. The van der Waals surface area contributed by atoms with E-state index in [2.05, 4.69) is 10.3 Å². The minimum absolute atomic E-state index is 0.00406. The summed E-state index contributed by atoms with van der Waals surface area (Å²) in [6.45, 7) is 5.80. The standard InChI is InChI=1S/C21H29N5O5/c1-12-6-7-16(8-13(12)2)31-11-15(28)10-26-17-18(23-20(26)22-9-14(3)27)24(4)21(30)25(5)19(17)29/h6-8,14-15,27-28H,9-11H2,1-5H3,(H,22,23)/t14-,15+/m1/s1. The number of benzene rings is 1.